The fourth-order valence-electron chi connectivity index (χ4n) is 7.97. The summed E-state index contributed by atoms with van der Waals surface area (Å²) in [6, 6.07) is 14.1. The van der Waals surface area contributed by atoms with Gasteiger partial charge in [-0.05, 0) is 87.3 Å². The quantitative estimate of drug-likeness (QED) is 0.173. The zero-order chi connectivity index (χ0) is 39.8. The van der Waals surface area contributed by atoms with E-state index in [1.54, 1.807) is 32.9 Å². The Morgan fingerprint density at radius 3 is 2.25 bits per heavy atom. The number of nitrogens with zero attached hydrogens (tertiary/aromatic N) is 1. The molecule has 0 bridgehead atoms. The molecule has 3 atom stereocenters. The van der Waals surface area contributed by atoms with E-state index in [4.69, 9.17) is 9.47 Å². The number of rotatable bonds is 12. The van der Waals surface area contributed by atoms with Gasteiger partial charge in [0, 0.05) is 30.2 Å². The van der Waals surface area contributed by atoms with Crippen molar-refractivity contribution in [1.29, 1.82) is 0 Å². The number of benzene rings is 2. The average Bonchev–Trinajstić information content (AvgIpc) is 3.47. The number of alkyl carbamates (subject to hydrolysis) is 2. The maximum atomic E-state index is 14.2. The Morgan fingerprint density at radius 1 is 0.893 bits per heavy atom. The largest absolute Gasteiger partial charge is 0.449 e. The molecule has 0 aromatic heterocycles. The van der Waals surface area contributed by atoms with Gasteiger partial charge in [-0.3, -0.25) is 14.4 Å². The zero-order valence-corrected chi connectivity index (χ0v) is 32.7. The molecule has 4 N–H and O–H groups in total. The summed E-state index contributed by atoms with van der Waals surface area (Å²) < 4.78 is 11.2. The third kappa shape index (κ3) is 10.4. The first-order valence-corrected chi connectivity index (χ1v) is 19.7. The highest BCUT2D eigenvalue weighted by Gasteiger charge is 2.33. The van der Waals surface area contributed by atoms with Crippen LogP contribution in [0.15, 0.2) is 89.1 Å². The van der Waals surface area contributed by atoms with Crippen molar-refractivity contribution >= 4 is 35.6 Å². The minimum absolute atomic E-state index is 0.0977. The van der Waals surface area contributed by atoms with Crippen LogP contribution in [0.25, 0.3) is 11.1 Å². The van der Waals surface area contributed by atoms with Gasteiger partial charge in [-0.25, -0.2) is 14.6 Å². The second-order valence-corrected chi connectivity index (χ2v) is 16.1. The maximum Gasteiger partial charge on any atom is 0.407 e. The molecule has 3 aliphatic carbocycles. The first kappa shape index (κ1) is 40.2. The van der Waals surface area contributed by atoms with E-state index in [1.165, 1.54) is 6.08 Å². The SMILES string of the molecule is CC1=CC(=O)NC2=CC(=NC(=O)[C@H](CCCNC(=O)OC(C)(C)C)NC(=O)[C@H](CC3CCCCC3)NC(=O)OCC3c4ccccc4-c4ccccc43)C=CC12. The molecule has 2 aromatic rings. The number of hydrogen-bond donors (Lipinski definition) is 4. The predicted octanol–water partition coefficient (Wildman–Crippen LogP) is 6.77. The molecule has 12 nitrogen and oxygen atoms in total. The van der Waals surface area contributed by atoms with Crippen molar-refractivity contribution in [3.05, 3.63) is 95.2 Å². The minimum atomic E-state index is -1.07. The summed E-state index contributed by atoms with van der Waals surface area (Å²) in [6.07, 6.45) is 11.5. The first-order valence-electron chi connectivity index (χ1n) is 19.7. The molecule has 296 valence electrons. The summed E-state index contributed by atoms with van der Waals surface area (Å²) >= 11 is 0. The third-order valence-corrected chi connectivity index (χ3v) is 10.7. The smallest absolute Gasteiger partial charge is 0.407 e. The first-order chi connectivity index (χ1) is 26.8. The number of carbonyl (C=O) groups excluding carboxylic acids is 5. The monoisotopic (exact) mass is 763 g/mol. The minimum Gasteiger partial charge on any atom is -0.449 e. The Hall–Kier alpha value is -5.52. The Morgan fingerprint density at radius 2 is 1.57 bits per heavy atom. The highest BCUT2D eigenvalue weighted by atomic mass is 16.6. The van der Waals surface area contributed by atoms with Gasteiger partial charge in [0.25, 0.3) is 5.91 Å². The van der Waals surface area contributed by atoms with Gasteiger partial charge in [-0.2, -0.15) is 0 Å². The second kappa shape index (κ2) is 18.0. The Labute approximate surface area is 328 Å². The fourth-order valence-corrected chi connectivity index (χ4v) is 7.97. The average molecular weight is 764 g/mol. The van der Waals surface area contributed by atoms with E-state index in [2.05, 4.69) is 38.4 Å². The van der Waals surface area contributed by atoms with Crippen LogP contribution >= 0.6 is 0 Å². The van der Waals surface area contributed by atoms with Gasteiger partial charge in [0.15, 0.2) is 0 Å². The molecular weight excluding hydrogens is 711 g/mol. The van der Waals surface area contributed by atoms with E-state index in [-0.39, 0.29) is 43.2 Å². The van der Waals surface area contributed by atoms with Crippen LogP contribution in [0.2, 0.25) is 0 Å². The van der Waals surface area contributed by atoms with Crippen molar-refractivity contribution in [3.8, 4) is 11.1 Å². The number of carbonyl (C=O) groups is 5. The van der Waals surface area contributed by atoms with Gasteiger partial charge in [-0.1, -0.05) is 92.3 Å². The molecule has 1 aliphatic heterocycles. The molecule has 0 spiro atoms. The van der Waals surface area contributed by atoms with Gasteiger partial charge in [0.05, 0.1) is 5.71 Å². The molecule has 0 saturated heterocycles. The molecule has 1 unspecified atom stereocenters. The van der Waals surface area contributed by atoms with E-state index in [0.717, 1.165) is 59.9 Å². The maximum absolute atomic E-state index is 14.2. The molecule has 2 aromatic carbocycles. The lowest BCUT2D eigenvalue weighted by Crippen LogP contribution is -2.52. The normalized spacial score (nSPS) is 19.6. The van der Waals surface area contributed by atoms with Gasteiger partial charge < -0.3 is 30.7 Å². The lowest BCUT2D eigenvalue weighted by molar-refractivity contribution is -0.129. The van der Waals surface area contributed by atoms with Crippen LogP contribution in [-0.2, 0) is 23.9 Å². The van der Waals surface area contributed by atoms with Crippen LogP contribution in [0, 0.1) is 11.8 Å². The van der Waals surface area contributed by atoms with Gasteiger partial charge in [0.2, 0.25) is 11.8 Å². The van der Waals surface area contributed by atoms with Gasteiger partial charge >= 0.3 is 12.2 Å². The molecule has 4 aliphatic rings. The molecular formula is C44H53N5O7. The molecule has 5 amide bonds. The summed E-state index contributed by atoms with van der Waals surface area (Å²) in [5.74, 6) is -1.41. The number of amides is 5. The number of aliphatic imine (C=N–C) groups is 1. The molecule has 1 fully saturated rings. The highest BCUT2D eigenvalue weighted by molar-refractivity contribution is 6.12. The Kier molecular flexibility index (Phi) is 12.9. The highest BCUT2D eigenvalue weighted by Crippen LogP contribution is 2.44. The fraction of sp³-hybridized carbons (Fsp3) is 0.455. The van der Waals surface area contributed by atoms with Crippen LogP contribution < -0.4 is 21.3 Å². The standard InChI is InChI=1S/C44H53N5O7/c1-27-23-39(50)47-37-25-29(20-21-30(27)37)46-40(51)36(19-12-22-45-42(53)56-44(2,3)4)48-41(52)38(24-28-13-6-5-7-14-28)49-43(54)55-26-35-33-17-10-8-15-31(33)32-16-9-11-18-34(32)35/h8-11,15-18,20-21,23,25,28,30,35-36,38H,5-7,12-14,19,22,24,26H2,1-4H3,(H,45,53)(H,47,50)(H,48,52)(H,49,54)/t30?,36-,38-/m0/s1. The summed E-state index contributed by atoms with van der Waals surface area (Å²) in [5, 5.41) is 11.3. The van der Waals surface area contributed by atoms with E-state index >= 15 is 0 Å². The molecule has 6 rings (SSSR count). The lowest BCUT2D eigenvalue weighted by Gasteiger charge is -2.28. The van der Waals surface area contributed by atoms with Gasteiger partial charge in [-0.15, -0.1) is 0 Å². The van der Waals surface area contributed by atoms with Crippen molar-refractivity contribution in [1.82, 2.24) is 21.3 Å². The number of ether oxygens (including phenoxy) is 2. The molecule has 56 heavy (non-hydrogen) atoms. The lowest BCUT2D eigenvalue weighted by atomic mass is 9.84. The summed E-state index contributed by atoms with van der Waals surface area (Å²) in [5.41, 5.74) is 5.54. The van der Waals surface area contributed by atoms with E-state index in [0.29, 0.717) is 24.3 Å². The van der Waals surface area contributed by atoms with Crippen LogP contribution in [0.5, 0.6) is 0 Å². The van der Waals surface area contributed by atoms with Crippen molar-refractivity contribution in [2.75, 3.05) is 13.2 Å². The van der Waals surface area contributed by atoms with Crippen molar-refractivity contribution in [3.63, 3.8) is 0 Å². The summed E-state index contributed by atoms with van der Waals surface area (Å²) in [4.78, 5) is 70.3. The van der Waals surface area contributed by atoms with Crippen LogP contribution in [-0.4, -0.2) is 66.5 Å². The number of allylic oxidation sites excluding steroid dienone is 3. The molecule has 12 heteroatoms. The van der Waals surface area contributed by atoms with Gasteiger partial charge in [0.1, 0.15) is 24.3 Å². The van der Waals surface area contributed by atoms with E-state index < -0.39 is 41.7 Å². The summed E-state index contributed by atoms with van der Waals surface area (Å²) in [7, 11) is 0. The van der Waals surface area contributed by atoms with Crippen LogP contribution in [0.1, 0.15) is 96.1 Å². The third-order valence-electron chi connectivity index (χ3n) is 10.7. The van der Waals surface area contributed by atoms with E-state index in [1.807, 2.05) is 49.4 Å². The molecule has 0 radical (unpaired) electrons. The van der Waals surface area contributed by atoms with Crippen molar-refractivity contribution < 1.29 is 33.4 Å². The van der Waals surface area contributed by atoms with E-state index in [9.17, 15) is 24.0 Å². The van der Waals surface area contributed by atoms with Crippen molar-refractivity contribution in [2.45, 2.75) is 103 Å². The predicted molar refractivity (Wildman–Crippen MR) is 214 cm³/mol. The molecule has 1 heterocycles. The van der Waals surface area contributed by atoms with Crippen molar-refractivity contribution in [2.24, 2.45) is 16.8 Å². The Balaban J connectivity index is 1.16. The van der Waals surface area contributed by atoms with Crippen LogP contribution in [0.3, 0.4) is 0 Å². The summed E-state index contributed by atoms with van der Waals surface area (Å²) in [6.45, 7) is 7.46. The number of nitrogens with one attached hydrogen (secondary N) is 4. The Bertz CT molecular complexity index is 1910. The molecule has 1 saturated carbocycles. The second-order valence-electron chi connectivity index (χ2n) is 16.1. The topological polar surface area (TPSA) is 164 Å². The number of fused-ring (bicyclic) bond motifs is 4. The zero-order valence-electron chi connectivity index (χ0n) is 32.7. The van der Waals surface area contributed by atoms with Crippen LogP contribution in [0.4, 0.5) is 9.59 Å². The number of hydrogen-bond acceptors (Lipinski definition) is 7.